The summed E-state index contributed by atoms with van der Waals surface area (Å²) in [5, 5.41) is 0. The van der Waals surface area contributed by atoms with Gasteiger partial charge in [0.15, 0.2) is 17.9 Å². The van der Waals surface area contributed by atoms with Gasteiger partial charge >= 0.3 is 0 Å². The topological polar surface area (TPSA) is 85.3 Å². The lowest BCUT2D eigenvalue weighted by atomic mass is 9.93. The van der Waals surface area contributed by atoms with E-state index in [1.54, 1.807) is 12.3 Å². The Hall–Kier alpha value is -0.960. The van der Waals surface area contributed by atoms with Gasteiger partial charge in [-0.1, -0.05) is 0 Å². The van der Waals surface area contributed by atoms with Crippen molar-refractivity contribution in [3.63, 3.8) is 0 Å². The lowest BCUT2D eigenvalue weighted by molar-refractivity contribution is -0.239. The molecule has 0 spiro atoms. The SMILES string of the molecule is CC1(C)O[C@@H]2[C@H](O1)[C@H]1OC(C)(C)O[C@H]1O[C@@H]2[C@H](N)c1ccco1. The van der Waals surface area contributed by atoms with Gasteiger partial charge in [0.2, 0.25) is 0 Å². The van der Waals surface area contributed by atoms with Gasteiger partial charge in [-0.15, -0.1) is 0 Å². The summed E-state index contributed by atoms with van der Waals surface area (Å²) in [4.78, 5) is 0. The molecule has 0 unspecified atom stereocenters. The first-order valence-electron chi connectivity index (χ1n) is 7.91. The molecule has 3 saturated heterocycles. The molecule has 23 heavy (non-hydrogen) atoms. The van der Waals surface area contributed by atoms with Crippen molar-refractivity contribution in [3.8, 4) is 0 Å². The molecule has 0 aliphatic carbocycles. The Balaban J connectivity index is 1.65. The highest BCUT2D eigenvalue weighted by molar-refractivity contribution is 5.11. The molecular weight excluding hydrogens is 302 g/mol. The number of hydrogen-bond donors (Lipinski definition) is 1. The summed E-state index contributed by atoms with van der Waals surface area (Å²) in [5.74, 6) is -0.830. The molecule has 1 aromatic rings. The highest BCUT2D eigenvalue weighted by atomic mass is 16.9. The Morgan fingerprint density at radius 1 is 0.957 bits per heavy atom. The first kappa shape index (κ1) is 15.6. The molecule has 0 amide bonds. The van der Waals surface area contributed by atoms with Gasteiger partial charge < -0.3 is 33.8 Å². The third-order valence-corrected chi connectivity index (χ3v) is 4.42. The highest BCUT2D eigenvalue weighted by Crippen LogP contribution is 2.46. The van der Waals surface area contributed by atoms with Crippen LogP contribution in [0.25, 0.3) is 0 Å². The summed E-state index contributed by atoms with van der Waals surface area (Å²) in [5.41, 5.74) is 6.36. The maximum absolute atomic E-state index is 6.36. The molecule has 7 nitrogen and oxygen atoms in total. The van der Waals surface area contributed by atoms with Gasteiger partial charge in [-0.05, 0) is 39.8 Å². The highest BCUT2D eigenvalue weighted by Gasteiger charge is 2.61. The van der Waals surface area contributed by atoms with E-state index < -0.39 is 30.0 Å². The standard InChI is InChI=1S/C16H23NO6/c1-15(2)20-11-10(9(17)8-6-5-7-18-8)19-14-13(12(11)21-15)22-16(3,4)23-14/h5-7,9-14H,17H2,1-4H3/t9-,10-,11+,12+,13-,14-/m1/s1. The second kappa shape index (κ2) is 5.02. The van der Waals surface area contributed by atoms with Crippen molar-refractivity contribution >= 4 is 0 Å². The summed E-state index contributed by atoms with van der Waals surface area (Å²) in [6.45, 7) is 7.45. The molecule has 0 saturated carbocycles. The van der Waals surface area contributed by atoms with Crippen molar-refractivity contribution in [2.75, 3.05) is 0 Å². The van der Waals surface area contributed by atoms with Gasteiger partial charge in [-0.2, -0.15) is 0 Å². The second-order valence-corrected chi connectivity index (χ2v) is 7.18. The van der Waals surface area contributed by atoms with E-state index >= 15 is 0 Å². The minimum Gasteiger partial charge on any atom is -0.468 e. The molecule has 0 radical (unpaired) electrons. The molecule has 4 heterocycles. The quantitative estimate of drug-likeness (QED) is 0.885. The normalized spacial score (nSPS) is 42.2. The van der Waals surface area contributed by atoms with Crippen LogP contribution in [0.15, 0.2) is 22.8 Å². The molecule has 3 aliphatic heterocycles. The van der Waals surface area contributed by atoms with E-state index in [1.165, 1.54) is 0 Å². The van der Waals surface area contributed by atoms with Crippen LogP contribution >= 0.6 is 0 Å². The van der Waals surface area contributed by atoms with Crippen molar-refractivity contribution < 1.29 is 28.1 Å². The van der Waals surface area contributed by atoms with Crippen molar-refractivity contribution in [1.29, 1.82) is 0 Å². The second-order valence-electron chi connectivity index (χ2n) is 7.18. The summed E-state index contributed by atoms with van der Waals surface area (Å²) in [6.07, 6.45) is -0.425. The molecule has 3 aliphatic rings. The van der Waals surface area contributed by atoms with Crippen LogP contribution in [0.4, 0.5) is 0 Å². The van der Waals surface area contributed by atoms with Crippen LogP contribution in [-0.4, -0.2) is 42.3 Å². The first-order valence-corrected chi connectivity index (χ1v) is 7.91. The van der Waals surface area contributed by atoms with Gasteiger partial charge in [0.05, 0.1) is 12.3 Å². The number of rotatable bonds is 2. The number of nitrogens with two attached hydrogens (primary N) is 1. The van der Waals surface area contributed by atoms with E-state index in [-0.39, 0.29) is 18.3 Å². The van der Waals surface area contributed by atoms with Crippen LogP contribution in [-0.2, 0) is 23.7 Å². The number of ether oxygens (including phenoxy) is 5. The van der Waals surface area contributed by atoms with Crippen LogP contribution in [0.1, 0.15) is 39.5 Å². The van der Waals surface area contributed by atoms with E-state index in [0.717, 1.165) is 0 Å². The van der Waals surface area contributed by atoms with Gasteiger partial charge in [0.1, 0.15) is 30.2 Å². The zero-order chi connectivity index (χ0) is 16.4. The van der Waals surface area contributed by atoms with Crippen LogP contribution in [0, 0.1) is 0 Å². The van der Waals surface area contributed by atoms with Crippen molar-refractivity contribution in [1.82, 2.24) is 0 Å². The Labute approximate surface area is 134 Å². The Kier molecular flexibility index (Phi) is 3.39. The van der Waals surface area contributed by atoms with E-state index in [9.17, 15) is 0 Å². The van der Waals surface area contributed by atoms with Gasteiger partial charge in [0.25, 0.3) is 0 Å². The maximum Gasteiger partial charge on any atom is 0.190 e. The van der Waals surface area contributed by atoms with E-state index in [2.05, 4.69) is 0 Å². The fourth-order valence-electron chi connectivity index (χ4n) is 3.57. The average molecular weight is 325 g/mol. The minimum absolute atomic E-state index is 0.309. The zero-order valence-electron chi connectivity index (χ0n) is 13.7. The summed E-state index contributed by atoms with van der Waals surface area (Å²) < 4.78 is 35.5. The molecule has 6 atom stereocenters. The molecule has 3 fully saturated rings. The van der Waals surface area contributed by atoms with Gasteiger partial charge in [-0.3, -0.25) is 0 Å². The lowest BCUT2D eigenvalue weighted by Crippen LogP contribution is -2.57. The summed E-state index contributed by atoms with van der Waals surface area (Å²) in [7, 11) is 0. The molecule has 1 aromatic heterocycles. The lowest BCUT2D eigenvalue weighted by Gasteiger charge is -2.39. The molecule has 0 bridgehead atoms. The van der Waals surface area contributed by atoms with E-state index in [0.29, 0.717) is 5.76 Å². The summed E-state index contributed by atoms with van der Waals surface area (Å²) in [6, 6.07) is 3.14. The molecule has 4 rings (SSSR count). The third-order valence-electron chi connectivity index (χ3n) is 4.42. The van der Waals surface area contributed by atoms with Gasteiger partial charge in [-0.25, -0.2) is 0 Å². The largest absolute Gasteiger partial charge is 0.468 e. The molecule has 2 N–H and O–H groups in total. The maximum atomic E-state index is 6.36. The number of fused-ring (bicyclic) bond motifs is 3. The zero-order valence-corrected chi connectivity index (χ0v) is 13.7. The van der Waals surface area contributed by atoms with Gasteiger partial charge in [0, 0.05) is 0 Å². The number of furan rings is 1. The Bertz CT molecular complexity index is 571. The predicted molar refractivity (Wildman–Crippen MR) is 78.2 cm³/mol. The third kappa shape index (κ3) is 2.61. The van der Waals surface area contributed by atoms with Crippen LogP contribution in [0.5, 0.6) is 0 Å². The van der Waals surface area contributed by atoms with Crippen LogP contribution < -0.4 is 5.73 Å². The van der Waals surface area contributed by atoms with Crippen LogP contribution in [0.3, 0.4) is 0 Å². The van der Waals surface area contributed by atoms with E-state index in [4.69, 9.17) is 33.8 Å². The fraction of sp³-hybridized carbons (Fsp3) is 0.750. The first-order chi connectivity index (χ1) is 10.8. The van der Waals surface area contributed by atoms with Crippen LogP contribution in [0.2, 0.25) is 0 Å². The van der Waals surface area contributed by atoms with Crippen molar-refractivity contribution in [3.05, 3.63) is 24.2 Å². The van der Waals surface area contributed by atoms with E-state index in [1.807, 2.05) is 33.8 Å². The number of hydrogen-bond acceptors (Lipinski definition) is 7. The fourth-order valence-corrected chi connectivity index (χ4v) is 3.57. The Morgan fingerprint density at radius 2 is 1.61 bits per heavy atom. The predicted octanol–water partition coefficient (Wildman–Crippen LogP) is 1.68. The smallest absolute Gasteiger partial charge is 0.190 e. The molecule has 0 aromatic carbocycles. The monoisotopic (exact) mass is 325 g/mol. The Morgan fingerprint density at radius 3 is 2.30 bits per heavy atom. The molecule has 128 valence electrons. The molecular formula is C16H23NO6. The van der Waals surface area contributed by atoms with Crippen molar-refractivity contribution in [2.24, 2.45) is 5.73 Å². The minimum atomic E-state index is -0.736. The van der Waals surface area contributed by atoms with Crippen molar-refractivity contribution in [2.45, 2.75) is 76.0 Å². The average Bonchev–Trinajstić information content (AvgIpc) is 3.12. The molecule has 7 heteroatoms. The summed E-state index contributed by atoms with van der Waals surface area (Å²) >= 11 is 0.